The van der Waals surface area contributed by atoms with Crippen molar-refractivity contribution in [2.75, 3.05) is 6.61 Å². The van der Waals surface area contributed by atoms with Gasteiger partial charge in [0, 0.05) is 26.5 Å². The third-order valence-corrected chi connectivity index (χ3v) is 7.10. The molecule has 0 saturated heterocycles. The molecule has 31 heavy (non-hydrogen) atoms. The summed E-state index contributed by atoms with van der Waals surface area (Å²) >= 11 is 11.0. The van der Waals surface area contributed by atoms with Gasteiger partial charge in [0.15, 0.2) is 0 Å². The maximum atomic E-state index is 13.3. The van der Waals surface area contributed by atoms with E-state index in [0.717, 1.165) is 50.8 Å². The van der Waals surface area contributed by atoms with Crippen LogP contribution < -0.4 is 10.3 Å². The Balaban J connectivity index is 1.50. The van der Waals surface area contributed by atoms with Crippen molar-refractivity contribution in [2.45, 2.75) is 32.7 Å². The molecular weight excluding hydrogens is 496 g/mol. The molecule has 0 unspecified atom stereocenters. The summed E-state index contributed by atoms with van der Waals surface area (Å²) < 4.78 is 8.48. The van der Waals surface area contributed by atoms with Gasteiger partial charge in [-0.15, -0.1) is 11.3 Å². The molecule has 0 fully saturated rings. The molecule has 0 atom stereocenters. The summed E-state index contributed by atoms with van der Waals surface area (Å²) in [4.78, 5) is 19.9. The van der Waals surface area contributed by atoms with Gasteiger partial charge in [0.2, 0.25) is 0 Å². The second-order valence-electron chi connectivity index (χ2n) is 7.19. The predicted octanol–water partition coefficient (Wildman–Crippen LogP) is 6.96. The number of unbranched alkanes of at least 4 members (excludes halogenated alkanes) is 1. The quantitative estimate of drug-likeness (QED) is 0.237. The minimum atomic E-state index is 0.0255. The molecular formula is C24H22BrClN2O2S. The molecule has 0 N–H and O–H groups in total. The van der Waals surface area contributed by atoms with Crippen LogP contribution in [0.1, 0.15) is 24.6 Å². The number of nitrogens with zero attached hydrogens (tertiary/aromatic N) is 2. The summed E-state index contributed by atoms with van der Waals surface area (Å²) in [6.07, 6.45) is 4.22. The second-order valence-corrected chi connectivity index (χ2v) is 9.63. The van der Waals surface area contributed by atoms with Gasteiger partial charge in [-0.25, -0.2) is 4.98 Å². The Morgan fingerprint density at radius 1 is 1.10 bits per heavy atom. The highest BCUT2D eigenvalue weighted by Gasteiger charge is 2.18. The largest absolute Gasteiger partial charge is 0.494 e. The highest BCUT2D eigenvalue weighted by Crippen LogP contribution is 2.36. The van der Waals surface area contributed by atoms with Gasteiger partial charge in [-0.1, -0.05) is 46.6 Å². The minimum absolute atomic E-state index is 0.0255. The first-order valence-corrected chi connectivity index (χ1v) is 12.2. The fourth-order valence-corrected chi connectivity index (χ4v) is 4.99. The van der Waals surface area contributed by atoms with Gasteiger partial charge < -0.3 is 4.74 Å². The van der Waals surface area contributed by atoms with Crippen molar-refractivity contribution in [2.24, 2.45) is 0 Å². The maximum Gasteiger partial charge on any atom is 0.262 e. The van der Waals surface area contributed by atoms with Crippen LogP contribution in [0, 0.1) is 0 Å². The molecule has 0 aliphatic carbocycles. The van der Waals surface area contributed by atoms with Crippen LogP contribution in [0.25, 0.3) is 21.3 Å². The van der Waals surface area contributed by atoms with Crippen molar-refractivity contribution < 1.29 is 4.74 Å². The van der Waals surface area contributed by atoms with Gasteiger partial charge in [-0.3, -0.25) is 9.36 Å². The Kier molecular flexibility index (Phi) is 7.10. The minimum Gasteiger partial charge on any atom is -0.494 e. The molecule has 2 heterocycles. The number of aromatic nitrogens is 2. The monoisotopic (exact) mass is 516 g/mol. The molecule has 0 radical (unpaired) electrons. The molecule has 0 bridgehead atoms. The fraction of sp³-hybridized carbons (Fsp3) is 0.250. The zero-order valence-corrected chi connectivity index (χ0v) is 20.3. The molecule has 4 rings (SSSR count). The number of aryl methyl sites for hydroxylation is 2. The first-order chi connectivity index (χ1) is 15.1. The van der Waals surface area contributed by atoms with Crippen molar-refractivity contribution in [3.8, 4) is 16.9 Å². The van der Waals surface area contributed by atoms with Gasteiger partial charge in [-0.2, -0.15) is 0 Å². The lowest BCUT2D eigenvalue weighted by Gasteiger charge is -2.08. The molecule has 7 heteroatoms. The zero-order valence-electron chi connectivity index (χ0n) is 17.1. The molecule has 0 aliphatic heterocycles. The van der Waals surface area contributed by atoms with Crippen molar-refractivity contribution in [3.63, 3.8) is 0 Å². The van der Waals surface area contributed by atoms with Crippen LogP contribution in [0.15, 0.2) is 64.1 Å². The number of ether oxygens (including phenoxy) is 1. The van der Waals surface area contributed by atoms with Gasteiger partial charge in [0.1, 0.15) is 10.6 Å². The fourth-order valence-electron chi connectivity index (χ4n) is 3.51. The molecule has 2 aromatic carbocycles. The van der Waals surface area contributed by atoms with Crippen LogP contribution in [0.3, 0.4) is 0 Å². The topological polar surface area (TPSA) is 44.1 Å². The van der Waals surface area contributed by atoms with Crippen LogP contribution in [-0.4, -0.2) is 16.2 Å². The van der Waals surface area contributed by atoms with Crippen LogP contribution in [0.2, 0.25) is 5.02 Å². The molecule has 2 aromatic heterocycles. The summed E-state index contributed by atoms with van der Waals surface area (Å²) in [5.41, 5.74) is 2.10. The van der Waals surface area contributed by atoms with Crippen molar-refractivity contribution >= 4 is 49.1 Å². The first kappa shape index (κ1) is 22.1. The number of hydrogen-bond donors (Lipinski definition) is 0. The summed E-state index contributed by atoms with van der Waals surface area (Å²) in [5, 5.41) is 1.42. The third-order valence-electron chi connectivity index (χ3n) is 5.08. The molecule has 0 saturated carbocycles. The van der Waals surface area contributed by atoms with Crippen LogP contribution >= 0.6 is 38.9 Å². The Bertz CT molecular complexity index is 1230. The van der Waals surface area contributed by atoms with Gasteiger partial charge in [0.05, 0.1) is 18.3 Å². The lowest BCUT2D eigenvalue weighted by Crippen LogP contribution is -2.20. The highest BCUT2D eigenvalue weighted by atomic mass is 79.9. The molecule has 0 aliphatic rings. The van der Waals surface area contributed by atoms with Gasteiger partial charge >= 0.3 is 0 Å². The van der Waals surface area contributed by atoms with E-state index in [1.54, 1.807) is 22.2 Å². The molecule has 160 valence electrons. The third kappa shape index (κ3) is 5.03. The standard InChI is InChI=1S/C24H22BrClN2O2S/c1-2-20-21(16-5-7-17(25)8-6-16)22-23(31-20)27-15-28(24(22)29)13-3-4-14-30-19-11-9-18(26)10-12-19/h5-12,15H,2-4,13-14H2,1H3. The number of thiophene rings is 1. The van der Waals surface area contributed by atoms with E-state index in [0.29, 0.717) is 18.2 Å². The van der Waals surface area contributed by atoms with Crippen molar-refractivity contribution in [3.05, 3.63) is 79.6 Å². The lowest BCUT2D eigenvalue weighted by atomic mass is 10.0. The van der Waals surface area contributed by atoms with E-state index in [4.69, 9.17) is 16.3 Å². The molecule has 4 nitrogen and oxygen atoms in total. The van der Waals surface area contributed by atoms with E-state index < -0.39 is 0 Å². The van der Waals surface area contributed by atoms with Crippen LogP contribution in [-0.2, 0) is 13.0 Å². The Morgan fingerprint density at radius 3 is 2.55 bits per heavy atom. The van der Waals surface area contributed by atoms with Crippen molar-refractivity contribution in [1.29, 1.82) is 0 Å². The van der Waals surface area contributed by atoms with E-state index in [9.17, 15) is 4.79 Å². The summed E-state index contributed by atoms with van der Waals surface area (Å²) in [7, 11) is 0. The van der Waals surface area contributed by atoms with E-state index in [1.165, 1.54) is 4.88 Å². The van der Waals surface area contributed by atoms with Gasteiger partial charge in [-0.05, 0) is 61.2 Å². The first-order valence-electron chi connectivity index (χ1n) is 10.2. The number of halogens is 2. The van der Waals surface area contributed by atoms with Crippen LogP contribution in [0.4, 0.5) is 0 Å². The molecule has 0 amide bonds. The summed E-state index contributed by atoms with van der Waals surface area (Å²) in [6.45, 7) is 3.32. The van der Waals surface area contributed by atoms with E-state index in [1.807, 2.05) is 36.4 Å². The van der Waals surface area contributed by atoms with E-state index in [-0.39, 0.29) is 5.56 Å². The number of fused-ring (bicyclic) bond motifs is 1. The SMILES string of the molecule is CCc1sc2ncn(CCCCOc3ccc(Cl)cc3)c(=O)c2c1-c1ccc(Br)cc1. The molecule has 0 spiro atoms. The Labute approximate surface area is 198 Å². The second kappa shape index (κ2) is 9.98. The number of benzene rings is 2. The average molecular weight is 518 g/mol. The normalized spacial score (nSPS) is 11.2. The predicted molar refractivity (Wildman–Crippen MR) is 133 cm³/mol. The van der Waals surface area contributed by atoms with E-state index in [2.05, 4.69) is 40.0 Å². The lowest BCUT2D eigenvalue weighted by molar-refractivity contribution is 0.303. The highest BCUT2D eigenvalue weighted by molar-refractivity contribution is 9.10. The van der Waals surface area contributed by atoms with E-state index >= 15 is 0 Å². The zero-order chi connectivity index (χ0) is 21.8. The Morgan fingerprint density at radius 2 is 1.84 bits per heavy atom. The smallest absolute Gasteiger partial charge is 0.262 e. The van der Waals surface area contributed by atoms with Crippen molar-refractivity contribution in [1.82, 2.24) is 9.55 Å². The maximum absolute atomic E-state index is 13.3. The molecule has 4 aromatic rings. The average Bonchev–Trinajstić information content (AvgIpc) is 3.16. The van der Waals surface area contributed by atoms with Gasteiger partial charge in [0.25, 0.3) is 5.56 Å². The summed E-state index contributed by atoms with van der Waals surface area (Å²) in [6, 6.07) is 15.5. The summed E-state index contributed by atoms with van der Waals surface area (Å²) in [5.74, 6) is 0.800. The number of rotatable bonds is 8. The van der Waals surface area contributed by atoms with Crippen LogP contribution in [0.5, 0.6) is 5.75 Å². The Hall–Kier alpha value is -2.15. The number of hydrogen-bond acceptors (Lipinski definition) is 4.